The van der Waals surface area contributed by atoms with Crippen LogP contribution in [0.2, 0.25) is 0 Å². The lowest BCUT2D eigenvalue weighted by Crippen LogP contribution is -2.22. The highest BCUT2D eigenvalue weighted by Crippen LogP contribution is 2.36. The van der Waals surface area contributed by atoms with Crippen LogP contribution in [0.4, 0.5) is 0 Å². The maximum atomic E-state index is 2.45. The van der Waals surface area contributed by atoms with Crippen molar-refractivity contribution >= 4 is 0 Å². The minimum absolute atomic E-state index is 0.272. The van der Waals surface area contributed by atoms with Crippen molar-refractivity contribution in [1.82, 2.24) is 0 Å². The molecule has 0 atom stereocenters. The zero-order valence-corrected chi connectivity index (χ0v) is 13.6. The van der Waals surface area contributed by atoms with Crippen LogP contribution >= 0.6 is 0 Å². The van der Waals surface area contributed by atoms with Gasteiger partial charge >= 0.3 is 0 Å². The Morgan fingerprint density at radius 3 is 1.78 bits per heavy atom. The molecule has 0 unspecified atom stereocenters. The van der Waals surface area contributed by atoms with E-state index in [1.54, 1.807) is 0 Å². The zero-order chi connectivity index (χ0) is 14.1. The van der Waals surface area contributed by atoms with Crippen molar-refractivity contribution < 1.29 is 0 Å². The molecule has 0 saturated carbocycles. The molecule has 0 nitrogen and oxygen atoms in total. The summed E-state index contributed by atoms with van der Waals surface area (Å²) in [5, 5.41) is 0. The van der Waals surface area contributed by atoms with Crippen LogP contribution in [0.15, 0.2) is 12.1 Å². The summed E-state index contributed by atoms with van der Waals surface area (Å²) in [6.07, 6.45) is 2.37. The third-order valence-corrected chi connectivity index (χ3v) is 4.95. The Morgan fingerprint density at radius 1 is 0.833 bits per heavy atom. The molecule has 102 valence electrons. The minimum atomic E-state index is 0.272. The fourth-order valence-corrected chi connectivity index (χ4v) is 2.35. The van der Waals surface area contributed by atoms with E-state index >= 15 is 0 Å². The van der Waals surface area contributed by atoms with Crippen LogP contribution in [0, 0.1) is 13.8 Å². The second-order valence-corrected chi connectivity index (χ2v) is 6.94. The molecule has 0 saturated heterocycles. The summed E-state index contributed by atoms with van der Waals surface area (Å²) in [5.74, 6) is 0. The van der Waals surface area contributed by atoms with Crippen LogP contribution in [0.1, 0.15) is 76.6 Å². The van der Waals surface area contributed by atoms with Gasteiger partial charge in [-0.15, -0.1) is 0 Å². The van der Waals surface area contributed by atoms with Gasteiger partial charge < -0.3 is 0 Å². The van der Waals surface area contributed by atoms with E-state index in [4.69, 9.17) is 0 Å². The van der Waals surface area contributed by atoms with Crippen LogP contribution < -0.4 is 0 Å². The topological polar surface area (TPSA) is 0 Å². The van der Waals surface area contributed by atoms with E-state index in [2.05, 4.69) is 67.5 Å². The van der Waals surface area contributed by atoms with Crippen molar-refractivity contribution in [2.75, 3.05) is 0 Å². The Labute approximate surface area is 114 Å². The monoisotopic (exact) mass is 246 g/mol. The molecule has 0 aromatic heterocycles. The SMILES string of the molecule is CCC(C)(C)c1cc(C)c(C)c(C(C)(C)CC)c1. The molecule has 1 aromatic carbocycles. The number of hydrogen-bond donors (Lipinski definition) is 0. The van der Waals surface area contributed by atoms with Crippen LogP contribution in [-0.4, -0.2) is 0 Å². The van der Waals surface area contributed by atoms with Crippen LogP contribution in [0.25, 0.3) is 0 Å². The van der Waals surface area contributed by atoms with E-state index in [1.165, 1.54) is 35.1 Å². The molecule has 0 bridgehead atoms. The first-order valence-corrected chi connectivity index (χ1v) is 7.28. The molecule has 1 rings (SSSR count). The van der Waals surface area contributed by atoms with E-state index < -0.39 is 0 Å². The van der Waals surface area contributed by atoms with E-state index in [-0.39, 0.29) is 10.8 Å². The number of benzene rings is 1. The van der Waals surface area contributed by atoms with Gasteiger partial charge in [-0.05, 0) is 59.8 Å². The Balaban J connectivity index is 3.46. The van der Waals surface area contributed by atoms with Gasteiger partial charge in [-0.2, -0.15) is 0 Å². The number of hydrogen-bond acceptors (Lipinski definition) is 0. The van der Waals surface area contributed by atoms with Crippen molar-refractivity contribution in [1.29, 1.82) is 0 Å². The van der Waals surface area contributed by atoms with Gasteiger partial charge in [0.15, 0.2) is 0 Å². The summed E-state index contributed by atoms with van der Waals surface area (Å²) in [6.45, 7) is 18.5. The predicted molar refractivity (Wildman–Crippen MR) is 82.6 cm³/mol. The quantitative estimate of drug-likeness (QED) is 0.641. The maximum Gasteiger partial charge on any atom is -0.0103 e. The van der Waals surface area contributed by atoms with Crippen molar-refractivity contribution in [2.45, 2.75) is 79.1 Å². The Bertz CT molecular complexity index is 422. The highest BCUT2D eigenvalue weighted by atomic mass is 14.3. The fraction of sp³-hybridized carbons (Fsp3) is 0.667. The molecule has 0 N–H and O–H groups in total. The second-order valence-electron chi connectivity index (χ2n) is 6.94. The van der Waals surface area contributed by atoms with Crippen molar-refractivity contribution in [3.63, 3.8) is 0 Å². The molecule has 1 aromatic rings. The van der Waals surface area contributed by atoms with Crippen molar-refractivity contribution in [3.05, 3.63) is 34.4 Å². The number of aryl methyl sites for hydroxylation is 1. The van der Waals surface area contributed by atoms with Gasteiger partial charge in [0.25, 0.3) is 0 Å². The molecular weight excluding hydrogens is 216 g/mol. The van der Waals surface area contributed by atoms with Crippen molar-refractivity contribution in [2.24, 2.45) is 0 Å². The third kappa shape index (κ3) is 2.79. The van der Waals surface area contributed by atoms with E-state index in [9.17, 15) is 0 Å². The lowest BCUT2D eigenvalue weighted by atomic mass is 9.74. The molecule has 0 amide bonds. The highest BCUT2D eigenvalue weighted by Gasteiger charge is 2.25. The fourth-order valence-electron chi connectivity index (χ4n) is 2.35. The van der Waals surface area contributed by atoms with Gasteiger partial charge in [0.05, 0.1) is 0 Å². The number of rotatable bonds is 4. The van der Waals surface area contributed by atoms with Gasteiger partial charge in [-0.1, -0.05) is 53.7 Å². The van der Waals surface area contributed by atoms with Gasteiger partial charge in [-0.25, -0.2) is 0 Å². The van der Waals surface area contributed by atoms with Crippen LogP contribution in [0.3, 0.4) is 0 Å². The average Bonchev–Trinajstić information content (AvgIpc) is 2.31. The summed E-state index contributed by atoms with van der Waals surface area (Å²) >= 11 is 0. The average molecular weight is 246 g/mol. The summed E-state index contributed by atoms with van der Waals surface area (Å²) in [4.78, 5) is 0. The molecule has 18 heavy (non-hydrogen) atoms. The molecular formula is C18H30. The van der Waals surface area contributed by atoms with Gasteiger partial charge in [-0.3, -0.25) is 0 Å². The summed E-state index contributed by atoms with van der Waals surface area (Å²) < 4.78 is 0. The van der Waals surface area contributed by atoms with Gasteiger partial charge in [0, 0.05) is 0 Å². The summed E-state index contributed by atoms with van der Waals surface area (Å²) in [5.41, 5.74) is 6.47. The highest BCUT2D eigenvalue weighted by molar-refractivity contribution is 5.43. The predicted octanol–water partition coefficient (Wildman–Crippen LogP) is 5.68. The van der Waals surface area contributed by atoms with E-state index in [0.717, 1.165) is 0 Å². The van der Waals surface area contributed by atoms with E-state index in [1.807, 2.05) is 0 Å². The smallest absolute Gasteiger partial charge is 0.0103 e. The lowest BCUT2D eigenvalue weighted by molar-refractivity contribution is 0.486. The third-order valence-electron chi connectivity index (χ3n) is 4.95. The van der Waals surface area contributed by atoms with Crippen LogP contribution in [0.5, 0.6) is 0 Å². The first kappa shape index (κ1) is 15.3. The van der Waals surface area contributed by atoms with Gasteiger partial charge in [0.2, 0.25) is 0 Å². The Hall–Kier alpha value is -0.780. The molecule has 0 radical (unpaired) electrons. The summed E-state index contributed by atoms with van der Waals surface area (Å²) in [7, 11) is 0. The molecule has 0 aliphatic carbocycles. The van der Waals surface area contributed by atoms with Crippen LogP contribution in [-0.2, 0) is 10.8 Å². The largest absolute Gasteiger partial charge is 0.0646 e. The molecule has 0 spiro atoms. The standard InChI is InChI=1S/C18H30/c1-9-17(5,6)15-11-13(3)14(4)16(12-15)18(7,8)10-2/h11-12H,9-10H2,1-8H3. The second kappa shape index (κ2) is 5.07. The minimum Gasteiger partial charge on any atom is -0.0646 e. The normalized spacial score (nSPS) is 12.9. The van der Waals surface area contributed by atoms with Gasteiger partial charge in [0.1, 0.15) is 0 Å². The zero-order valence-electron chi connectivity index (χ0n) is 13.6. The van der Waals surface area contributed by atoms with E-state index in [0.29, 0.717) is 0 Å². The van der Waals surface area contributed by atoms with Crippen molar-refractivity contribution in [3.8, 4) is 0 Å². The summed E-state index contributed by atoms with van der Waals surface area (Å²) in [6, 6.07) is 4.84. The lowest BCUT2D eigenvalue weighted by Gasteiger charge is -2.31. The molecule has 0 aliphatic rings. The first-order chi connectivity index (χ1) is 8.15. The molecule has 0 heterocycles. The first-order valence-electron chi connectivity index (χ1n) is 7.28. The maximum absolute atomic E-state index is 2.45. The Kier molecular flexibility index (Phi) is 4.30. The Morgan fingerprint density at radius 2 is 1.33 bits per heavy atom. The molecule has 0 fully saturated rings. The molecule has 0 heteroatoms. The molecule has 0 aliphatic heterocycles.